The minimum atomic E-state index is 0.340. The van der Waals surface area contributed by atoms with Crippen LogP contribution in [-0.4, -0.2) is 56.0 Å². The molecule has 2 aliphatic heterocycles. The van der Waals surface area contributed by atoms with E-state index < -0.39 is 0 Å². The molecule has 0 radical (unpaired) electrons. The van der Waals surface area contributed by atoms with Gasteiger partial charge < -0.3 is 14.7 Å². The molecule has 2 heterocycles. The van der Waals surface area contributed by atoms with Gasteiger partial charge >= 0.3 is 0 Å². The van der Waals surface area contributed by atoms with Crippen LogP contribution in [0.2, 0.25) is 0 Å². The van der Waals surface area contributed by atoms with Gasteiger partial charge in [0.2, 0.25) is 0 Å². The lowest BCUT2D eigenvalue weighted by Gasteiger charge is -2.33. The quantitative estimate of drug-likeness (QED) is 0.916. The number of morpholine rings is 1. The van der Waals surface area contributed by atoms with Gasteiger partial charge in [-0.25, -0.2) is 0 Å². The van der Waals surface area contributed by atoms with E-state index in [1.165, 1.54) is 11.3 Å². The van der Waals surface area contributed by atoms with Gasteiger partial charge in [-0.2, -0.15) is 0 Å². The maximum Gasteiger partial charge on any atom is 0.0594 e. The van der Waals surface area contributed by atoms with Crippen LogP contribution in [0, 0.1) is 5.92 Å². The Kier molecular flexibility index (Phi) is 5.12. The fourth-order valence-corrected chi connectivity index (χ4v) is 3.20. The molecule has 0 saturated carbocycles. The topological polar surface area (TPSA) is 35.9 Å². The molecule has 4 nitrogen and oxygen atoms in total. The summed E-state index contributed by atoms with van der Waals surface area (Å²) in [5.74, 6) is 0.502. The van der Waals surface area contributed by atoms with Gasteiger partial charge in [-0.05, 0) is 36.5 Å². The Bertz CT molecular complexity index is 421. The molecule has 116 valence electrons. The van der Waals surface area contributed by atoms with Gasteiger partial charge in [0.1, 0.15) is 0 Å². The zero-order valence-electron chi connectivity index (χ0n) is 12.7. The highest BCUT2D eigenvalue weighted by Gasteiger charge is 2.18. The number of piperidine rings is 1. The van der Waals surface area contributed by atoms with Gasteiger partial charge in [-0.15, -0.1) is 0 Å². The maximum atomic E-state index is 9.21. The van der Waals surface area contributed by atoms with E-state index in [9.17, 15) is 5.11 Å². The van der Waals surface area contributed by atoms with E-state index in [0.29, 0.717) is 12.5 Å². The van der Waals surface area contributed by atoms with E-state index in [0.717, 1.165) is 58.8 Å². The van der Waals surface area contributed by atoms with Gasteiger partial charge in [0.15, 0.2) is 0 Å². The summed E-state index contributed by atoms with van der Waals surface area (Å²) in [6.07, 6.45) is 2.21. The van der Waals surface area contributed by atoms with Crippen LogP contribution in [0.5, 0.6) is 0 Å². The largest absolute Gasteiger partial charge is 0.396 e. The Morgan fingerprint density at radius 1 is 1.00 bits per heavy atom. The van der Waals surface area contributed by atoms with E-state index in [1.807, 2.05) is 0 Å². The second-order valence-electron chi connectivity index (χ2n) is 6.17. The number of aliphatic hydroxyl groups is 1. The lowest BCUT2D eigenvalue weighted by atomic mass is 9.97. The molecule has 3 rings (SSSR count). The van der Waals surface area contributed by atoms with Crippen LogP contribution in [0.15, 0.2) is 24.3 Å². The van der Waals surface area contributed by atoms with E-state index in [1.54, 1.807) is 0 Å². The average molecular weight is 290 g/mol. The predicted molar refractivity (Wildman–Crippen MR) is 84.6 cm³/mol. The molecule has 2 aliphatic rings. The van der Waals surface area contributed by atoms with Crippen LogP contribution in [0.25, 0.3) is 0 Å². The standard InChI is InChI=1S/C17H26N2O2/c20-14-16-5-7-19(8-6-16)17-3-1-15(2-4-17)13-18-9-11-21-12-10-18/h1-4,16,20H,5-14H2. The van der Waals surface area contributed by atoms with Crippen LogP contribution in [-0.2, 0) is 11.3 Å². The molecule has 0 unspecified atom stereocenters. The number of aliphatic hydroxyl groups excluding tert-OH is 1. The van der Waals surface area contributed by atoms with Gasteiger partial charge in [-0.1, -0.05) is 12.1 Å². The van der Waals surface area contributed by atoms with Crippen molar-refractivity contribution in [3.05, 3.63) is 29.8 Å². The van der Waals surface area contributed by atoms with Gasteiger partial charge in [0, 0.05) is 45.0 Å². The minimum Gasteiger partial charge on any atom is -0.396 e. The van der Waals surface area contributed by atoms with Crippen molar-refractivity contribution in [1.29, 1.82) is 0 Å². The number of ether oxygens (including phenoxy) is 1. The SMILES string of the molecule is OCC1CCN(c2ccc(CN3CCOCC3)cc2)CC1. The summed E-state index contributed by atoms with van der Waals surface area (Å²) in [4.78, 5) is 4.88. The summed E-state index contributed by atoms with van der Waals surface area (Å²) in [5.41, 5.74) is 2.70. The fraction of sp³-hybridized carbons (Fsp3) is 0.647. The van der Waals surface area contributed by atoms with Crippen molar-refractivity contribution in [1.82, 2.24) is 4.90 Å². The third kappa shape index (κ3) is 3.96. The first-order valence-corrected chi connectivity index (χ1v) is 8.10. The van der Waals surface area contributed by atoms with Crippen molar-refractivity contribution in [2.75, 3.05) is 50.9 Å². The number of hydrogen-bond donors (Lipinski definition) is 1. The molecule has 0 aromatic heterocycles. The van der Waals surface area contributed by atoms with Crippen molar-refractivity contribution in [2.45, 2.75) is 19.4 Å². The summed E-state index contributed by atoms with van der Waals surface area (Å²) in [6, 6.07) is 9.00. The number of hydrogen-bond acceptors (Lipinski definition) is 4. The molecule has 0 amide bonds. The summed E-state index contributed by atoms with van der Waals surface area (Å²) >= 11 is 0. The number of benzene rings is 1. The van der Waals surface area contributed by atoms with Crippen molar-refractivity contribution >= 4 is 5.69 Å². The Balaban J connectivity index is 1.54. The molecule has 1 aromatic carbocycles. The molecule has 1 N–H and O–H groups in total. The Morgan fingerprint density at radius 3 is 2.29 bits per heavy atom. The second-order valence-corrected chi connectivity index (χ2v) is 6.17. The van der Waals surface area contributed by atoms with Gasteiger partial charge in [-0.3, -0.25) is 4.90 Å². The summed E-state index contributed by atoms with van der Waals surface area (Å²) in [7, 11) is 0. The Morgan fingerprint density at radius 2 is 1.67 bits per heavy atom. The highest BCUT2D eigenvalue weighted by Crippen LogP contribution is 2.23. The molecule has 1 aromatic rings. The molecular formula is C17H26N2O2. The first-order valence-electron chi connectivity index (χ1n) is 8.10. The number of nitrogens with zero attached hydrogens (tertiary/aromatic N) is 2. The Labute approximate surface area is 127 Å². The smallest absolute Gasteiger partial charge is 0.0594 e. The number of anilines is 1. The normalized spacial score (nSPS) is 21.7. The average Bonchev–Trinajstić information content (AvgIpc) is 2.57. The number of rotatable bonds is 4. The van der Waals surface area contributed by atoms with E-state index in [-0.39, 0.29) is 0 Å². The molecule has 0 atom stereocenters. The molecule has 2 saturated heterocycles. The van der Waals surface area contributed by atoms with Gasteiger partial charge in [0.05, 0.1) is 13.2 Å². The predicted octanol–water partition coefficient (Wildman–Crippen LogP) is 1.73. The molecule has 0 spiro atoms. The molecular weight excluding hydrogens is 264 g/mol. The van der Waals surface area contributed by atoms with E-state index >= 15 is 0 Å². The van der Waals surface area contributed by atoms with E-state index in [2.05, 4.69) is 34.1 Å². The summed E-state index contributed by atoms with van der Waals surface area (Å²) in [5, 5.41) is 9.21. The first-order chi connectivity index (χ1) is 10.3. The summed E-state index contributed by atoms with van der Waals surface area (Å²) in [6.45, 7) is 7.28. The molecule has 0 bridgehead atoms. The summed E-state index contributed by atoms with van der Waals surface area (Å²) < 4.78 is 5.39. The first kappa shape index (κ1) is 14.8. The van der Waals surface area contributed by atoms with Gasteiger partial charge in [0.25, 0.3) is 0 Å². The van der Waals surface area contributed by atoms with Crippen LogP contribution in [0.4, 0.5) is 5.69 Å². The minimum absolute atomic E-state index is 0.340. The van der Waals surface area contributed by atoms with Crippen molar-refractivity contribution < 1.29 is 9.84 Å². The third-order valence-electron chi connectivity index (χ3n) is 4.68. The Hall–Kier alpha value is -1.10. The van der Waals surface area contributed by atoms with Crippen LogP contribution >= 0.6 is 0 Å². The van der Waals surface area contributed by atoms with Crippen LogP contribution in [0.3, 0.4) is 0 Å². The monoisotopic (exact) mass is 290 g/mol. The molecule has 0 aliphatic carbocycles. The van der Waals surface area contributed by atoms with E-state index in [4.69, 9.17) is 4.74 Å². The maximum absolute atomic E-state index is 9.21. The molecule has 4 heteroatoms. The second kappa shape index (κ2) is 7.25. The zero-order valence-corrected chi connectivity index (χ0v) is 12.7. The van der Waals surface area contributed by atoms with Crippen LogP contribution in [0.1, 0.15) is 18.4 Å². The third-order valence-corrected chi connectivity index (χ3v) is 4.68. The molecule has 2 fully saturated rings. The van der Waals surface area contributed by atoms with Crippen molar-refractivity contribution in [2.24, 2.45) is 5.92 Å². The lowest BCUT2D eigenvalue weighted by molar-refractivity contribution is 0.0342. The highest BCUT2D eigenvalue weighted by atomic mass is 16.5. The molecule has 21 heavy (non-hydrogen) atoms. The zero-order chi connectivity index (χ0) is 14.5. The van der Waals surface area contributed by atoms with Crippen molar-refractivity contribution in [3.63, 3.8) is 0 Å². The lowest BCUT2D eigenvalue weighted by Crippen LogP contribution is -2.36. The van der Waals surface area contributed by atoms with Crippen LogP contribution < -0.4 is 4.90 Å². The van der Waals surface area contributed by atoms with Crippen molar-refractivity contribution in [3.8, 4) is 0 Å². The fourth-order valence-electron chi connectivity index (χ4n) is 3.20. The highest BCUT2D eigenvalue weighted by molar-refractivity contribution is 5.48.